The van der Waals surface area contributed by atoms with Gasteiger partial charge in [-0.25, -0.2) is 5.43 Å². The molecule has 39 heavy (non-hydrogen) atoms. The Morgan fingerprint density at radius 1 is 0.923 bits per heavy atom. The molecule has 3 amide bonds. The van der Waals surface area contributed by atoms with Gasteiger partial charge in [0.1, 0.15) is 11.5 Å². The van der Waals surface area contributed by atoms with Crippen LogP contribution in [0, 0.1) is 0 Å². The number of benzene rings is 3. The molecule has 12 heteroatoms. The Morgan fingerprint density at radius 3 is 2.44 bits per heavy atom. The number of nitrogens with zero attached hydrogens (tertiary/aromatic N) is 1. The number of hydrogen-bond acceptors (Lipinski definition) is 6. The Kier molecular flexibility index (Phi) is 11.4. The lowest BCUT2D eigenvalue weighted by Crippen LogP contribution is -2.32. The summed E-state index contributed by atoms with van der Waals surface area (Å²) in [7, 11) is 0. The monoisotopic (exact) mass is 590 g/mol. The van der Waals surface area contributed by atoms with E-state index >= 15 is 0 Å². The number of amides is 3. The molecule has 0 fully saturated rings. The zero-order chi connectivity index (χ0) is 28.2. The summed E-state index contributed by atoms with van der Waals surface area (Å²) >= 11 is 18.1. The molecule has 0 aromatic heterocycles. The largest absolute Gasteiger partial charge is 0.494 e. The lowest BCUT2D eigenvalue weighted by atomic mass is 10.2. The van der Waals surface area contributed by atoms with Gasteiger partial charge < -0.3 is 20.1 Å². The molecule has 0 saturated carbocycles. The van der Waals surface area contributed by atoms with E-state index in [4.69, 9.17) is 44.3 Å². The first-order valence-corrected chi connectivity index (χ1v) is 12.9. The molecule has 0 aliphatic rings. The molecule has 3 rings (SSSR count). The summed E-state index contributed by atoms with van der Waals surface area (Å²) in [5.41, 5.74) is 3.26. The van der Waals surface area contributed by atoms with Gasteiger partial charge in [-0.05, 0) is 61.0 Å². The fourth-order valence-electron chi connectivity index (χ4n) is 3.05. The molecule has 3 aromatic rings. The smallest absolute Gasteiger partial charge is 0.329 e. The Bertz CT molecular complexity index is 1350. The van der Waals surface area contributed by atoms with E-state index in [1.165, 1.54) is 18.3 Å². The van der Waals surface area contributed by atoms with Crippen LogP contribution in [0.5, 0.6) is 11.5 Å². The second kappa shape index (κ2) is 15.0. The van der Waals surface area contributed by atoms with Gasteiger partial charge in [-0.15, -0.1) is 0 Å². The number of halogens is 3. The number of ether oxygens (including phenoxy) is 2. The van der Waals surface area contributed by atoms with E-state index in [9.17, 15) is 14.4 Å². The van der Waals surface area contributed by atoms with Gasteiger partial charge in [-0.1, -0.05) is 54.2 Å². The van der Waals surface area contributed by atoms with Crippen molar-refractivity contribution < 1.29 is 23.9 Å². The van der Waals surface area contributed by atoms with Gasteiger partial charge >= 0.3 is 11.8 Å². The molecule has 0 radical (unpaired) electrons. The topological polar surface area (TPSA) is 118 Å². The predicted molar refractivity (Wildman–Crippen MR) is 153 cm³/mol. The van der Waals surface area contributed by atoms with Crippen molar-refractivity contribution in [3.8, 4) is 11.5 Å². The quantitative estimate of drug-likeness (QED) is 0.111. The molecular formula is C27H25Cl3N4O5. The summed E-state index contributed by atoms with van der Waals surface area (Å²) in [5.74, 6) is -1.46. The first kappa shape index (κ1) is 29.8. The van der Waals surface area contributed by atoms with Crippen LogP contribution in [-0.2, 0) is 14.4 Å². The summed E-state index contributed by atoms with van der Waals surface area (Å²) in [4.78, 5) is 36.7. The fourth-order valence-corrected chi connectivity index (χ4v) is 3.58. The van der Waals surface area contributed by atoms with Crippen molar-refractivity contribution in [1.82, 2.24) is 5.43 Å². The van der Waals surface area contributed by atoms with Gasteiger partial charge in [-0.2, -0.15) is 5.10 Å². The zero-order valence-corrected chi connectivity index (χ0v) is 23.1. The molecule has 0 atom stereocenters. The van der Waals surface area contributed by atoms with Gasteiger partial charge in [0.25, 0.3) is 5.91 Å². The van der Waals surface area contributed by atoms with Crippen LogP contribution in [0.25, 0.3) is 0 Å². The summed E-state index contributed by atoms with van der Waals surface area (Å²) in [6, 6.07) is 16.1. The van der Waals surface area contributed by atoms with Gasteiger partial charge in [0.15, 0.2) is 6.61 Å². The normalized spacial score (nSPS) is 10.7. The van der Waals surface area contributed by atoms with Crippen molar-refractivity contribution in [2.24, 2.45) is 5.10 Å². The maximum atomic E-state index is 12.3. The molecule has 0 saturated heterocycles. The van der Waals surface area contributed by atoms with Crippen molar-refractivity contribution in [2.45, 2.75) is 19.8 Å². The summed E-state index contributed by atoms with van der Waals surface area (Å²) in [5, 5.41) is 9.76. The Balaban J connectivity index is 1.53. The number of unbranched alkanes of at least 4 members (excludes halogenated alkanes) is 1. The molecule has 0 unspecified atom stereocenters. The first-order chi connectivity index (χ1) is 18.8. The van der Waals surface area contributed by atoms with Crippen LogP contribution >= 0.6 is 34.8 Å². The fraction of sp³-hybridized carbons (Fsp3) is 0.185. The van der Waals surface area contributed by atoms with E-state index < -0.39 is 17.7 Å². The van der Waals surface area contributed by atoms with Crippen molar-refractivity contribution in [2.75, 3.05) is 23.8 Å². The second-order valence-corrected chi connectivity index (χ2v) is 9.22. The van der Waals surface area contributed by atoms with Gasteiger partial charge in [-0.3, -0.25) is 14.4 Å². The third-order valence-corrected chi connectivity index (χ3v) is 6.07. The molecular weight excluding hydrogens is 567 g/mol. The van der Waals surface area contributed by atoms with Gasteiger partial charge in [0, 0.05) is 16.3 Å². The highest BCUT2D eigenvalue weighted by Crippen LogP contribution is 2.29. The number of hydrazone groups is 1. The average molecular weight is 592 g/mol. The minimum absolute atomic E-state index is 0.208. The summed E-state index contributed by atoms with van der Waals surface area (Å²) < 4.78 is 11.2. The number of carbonyl (C=O) groups is 3. The molecule has 0 aliphatic heterocycles. The molecule has 3 aromatic carbocycles. The standard InChI is InChI=1S/C27H25Cl3N4O5/c1-2-3-13-38-20-10-8-19(9-11-20)32-26(36)27(37)34-31-15-17-14-18(28)7-12-23(17)39-16-24(35)33-22-6-4-5-21(29)25(22)30/h4-12,14-15H,2-3,13,16H2,1H3,(H,32,36)(H,33,35)(H,34,37)/b31-15-. The molecule has 9 nitrogen and oxygen atoms in total. The third kappa shape index (κ3) is 9.47. The van der Waals surface area contributed by atoms with E-state index in [-0.39, 0.29) is 17.4 Å². The number of hydrogen-bond donors (Lipinski definition) is 3. The van der Waals surface area contributed by atoms with Crippen LogP contribution in [0.1, 0.15) is 25.3 Å². The first-order valence-electron chi connectivity index (χ1n) is 11.8. The minimum atomic E-state index is -0.989. The highest BCUT2D eigenvalue weighted by molar-refractivity contribution is 6.44. The second-order valence-electron chi connectivity index (χ2n) is 8.00. The van der Waals surface area contributed by atoms with Gasteiger partial charge in [0.05, 0.1) is 28.6 Å². The highest BCUT2D eigenvalue weighted by Gasteiger charge is 2.14. The molecule has 0 bridgehead atoms. The maximum absolute atomic E-state index is 12.3. The minimum Gasteiger partial charge on any atom is -0.494 e. The zero-order valence-electron chi connectivity index (χ0n) is 20.8. The maximum Gasteiger partial charge on any atom is 0.329 e. The van der Waals surface area contributed by atoms with E-state index in [1.54, 1.807) is 48.5 Å². The van der Waals surface area contributed by atoms with E-state index in [0.717, 1.165) is 12.8 Å². The number of rotatable bonds is 11. The third-order valence-electron chi connectivity index (χ3n) is 5.01. The molecule has 0 heterocycles. The molecule has 204 valence electrons. The van der Waals surface area contributed by atoms with Crippen LogP contribution in [-0.4, -0.2) is 37.1 Å². The molecule has 3 N–H and O–H groups in total. The Morgan fingerprint density at radius 2 is 1.69 bits per heavy atom. The van der Waals surface area contributed by atoms with Crippen molar-refractivity contribution in [1.29, 1.82) is 0 Å². The van der Waals surface area contributed by atoms with Gasteiger partial charge in [0.2, 0.25) is 0 Å². The highest BCUT2D eigenvalue weighted by atomic mass is 35.5. The summed E-state index contributed by atoms with van der Waals surface area (Å²) in [6.45, 7) is 2.32. The van der Waals surface area contributed by atoms with Crippen LogP contribution in [0.3, 0.4) is 0 Å². The van der Waals surface area contributed by atoms with Crippen LogP contribution < -0.4 is 25.5 Å². The molecule has 0 aliphatic carbocycles. The SMILES string of the molecule is CCCCOc1ccc(NC(=O)C(=O)N/N=C\c2cc(Cl)ccc2OCC(=O)Nc2cccc(Cl)c2Cl)cc1. The molecule has 0 spiro atoms. The van der Waals surface area contributed by atoms with Crippen molar-refractivity contribution in [3.05, 3.63) is 81.3 Å². The number of nitrogens with one attached hydrogen (secondary N) is 3. The summed E-state index contributed by atoms with van der Waals surface area (Å²) in [6.07, 6.45) is 3.20. The van der Waals surface area contributed by atoms with Crippen LogP contribution in [0.15, 0.2) is 65.8 Å². The van der Waals surface area contributed by atoms with Crippen LogP contribution in [0.2, 0.25) is 15.1 Å². The van der Waals surface area contributed by atoms with Crippen molar-refractivity contribution in [3.63, 3.8) is 0 Å². The lowest BCUT2D eigenvalue weighted by molar-refractivity contribution is -0.136. The lowest BCUT2D eigenvalue weighted by Gasteiger charge is -2.11. The Hall–Kier alpha value is -3.79. The average Bonchev–Trinajstić information content (AvgIpc) is 2.92. The Labute approximate surface area is 240 Å². The van der Waals surface area contributed by atoms with E-state index in [0.29, 0.717) is 39.3 Å². The van der Waals surface area contributed by atoms with Crippen molar-refractivity contribution >= 4 is 70.1 Å². The predicted octanol–water partition coefficient (Wildman–Crippen LogP) is 5.93. The van der Waals surface area contributed by atoms with Crippen LogP contribution in [0.4, 0.5) is 11.4 Å². The number of anilines is 2. The van der Waals surface area contributed by atoms with E-state index in [2.05, 4.69) is 28.1 Å². The number of carbonyl (C=O) groups excluding carboxylic acids is 3. The van der Waals surface area contributed by atoms with E-state index in [1.807, 2.05) is 0 Å².